The number of para-hydroxylation sites is 1. The lowest BCUT2D eigenvalue weighted by atomic mass is 10.3. The molecule has 6 nitrogen and oxygen atoms in total. The summed E-state index contributed by atoms with van der Waals surface area (Å²) in [5, 5.41) is 11.5. The van der Waals surface area contributed by atoms with E-state index in [1.54, 1.807) is 4.68 Å². The van der Waals surface area contributed by atoms with Crippen LogP contribution in [-0.4, -0.2) is 31.5 Å². The number of hydrogen-bond donors (Lipinski definition) is 1. The lowest BCUT2D eigenvalue weighted by Crippen LogP contribution is -2.06. The third-order valence-corrected chi connectivity index (χ3v) is 2.75. The monoisotopic (exact) mass is 254 g/mol. The molecule has 0 atom stereocenters. The lowest BCUT2D eigenvalue weighted by Gasteiger charge is -2.06. The zero-order valence-corrected chi connectivity index (χ0v) is 10.8. The van der Waals surface area contributed by atoms with Gasteiger partial charge in [0.25, 0.3) is 0 Å². The molecule has 0 saturated carbocycles. The highest BCUT2D eigenvalue weighted by atomic mass is 15.4. The lowest BCUT2D eigenvalue weighted by molar-refractivity contribution is 0.790. The van der Waals surface area contributed by atoms with E-state index in [0.717, 1.165) is 29.2 Å². The van der Waals surface area contributed by atoms with E-state index in [0.29, 0.717) is 5.82 Å². The number of nitrogens with one attached hydrogen (secondary N) is 1. The number of hydrogen-bond acceptors (Lipinski definition) is 5. The fraction of sp³-hybridized carbons (Fsp3) is 0.231. The number of nitrogens with zero attached hydrogens (tertiary/aromatic N) is 5. The van der Waals surface area contributed by atoms with Gasteiger partial charge < -0.3 is 5.32 Å². The molecule has 1 aromatic carbocycles. The number of aromatic nitrogens is 5. The van der Waals surface area contributed by atoms with E-state index in [1.807, 2.05) is 44.2 Å². The van der Waals surface area contributed by atoms with Crippen LogP contribution in [0.3, 0.4) is 0 Å². The van der Waals surface area contributed by atoms with Crippen molar-refractivity contribution >= 4 is 16.9 Å². The second-order valence-corrected chi connectivity index (χ2v) is 4.18. The van der Waals surface area contributed by atoms with E-state index >= 15 is 0 Å². The maximum Gasteiger partial charge on any atom is 0.161 e. The minimum absolute atomic E-state index is 0.702. The van der Waals surface area contributed by atoms with E-state index in [1.165, 1.54) is 0 Å². The van der Waals surface area contributed by atoms with Crippen molar-refractivity contribution in [2.45, 2.75) is 13.8 Å². The van der Waals surface area contributed by atoms with Gasteiger partial charge in [-0.3, -0.25) is 0 Å². The molecular weight excluding hydrogens is 240 g/mol. The minimum Gasteiger partial charge on any atom is -0.370 e. The van der Waals surface area contributed by atoms with Crippen molar-refractivity contribution in [2.75, 3.05) is 11.9 Å². The van der Waals surface area contributed by atoms with Gasteiger partial charge in [0.15, 0.2) is 5.82 Å². The summed E-state index contributed by atoms with van der Waals surface area (Å²) < 4.78 is 1.73. The van der Waals surface area contributed by atoms with E-state index in [9.17, 15) is 0 Å². The summed E-state index contributed by atoms with van der Waals surface area (Å²) in [4.78, 5) is 8.75. The Hall–Kier alpha value is -2.50. The molecular formula is C13H14N6. The molecule has 19 heavy (non-hydrogen) atoms. The van der Waals surface area contributed by atoms with Crippen molar-refractivity contribution in [3.8, 4) is 5.82 Å². The van der Waals surface area contributed by atoms with Crippen LogP contribution in [0, 0.1) is 6.92 Å². The Morgan fingerprint density at radius 2 is 2.05 bits per heavy atom. The molecule has 3 aromatic rings. The molecule has 2 heterocycles. The first-order chi connectivity index (χ1) is 9.28. The summed E-state index contributed by atoms with van der Waals surface area (Å²) in [6.45, 7) is 4.71. The van der Waals surface area contributed by atoms with Crippen molar-refractivity contribution in [1.29, 1.82) is 0 Å². The Bertz CT molecular complexity index is 718. The van der Waals surface area contributed by atoms with Crippen LogP contribution in [0.5, 0.6) is 0 Å². The van der Waals surface area contributed by atoms with Crippen LogP contribution in [0.4, 0.5) is 5.82 Å². The summed E-state index contributed by atoms with van der Waals surface area (Å²) >= 11 is 0. The van der Waals surface area contributed by atoms with Crippen LogP contribution < -0.4 is 5.32 Å². The van der Waals surface area contributed by atoms with Gasteiger partial charge in [-0.2, -0.15) is 4.68 Å². The van der Waals surface area contributed by atoms with Gasteiger partial charge in [-0.05, 0) is 26.0 Å². The number of anilines is 1. The second-order valence-electron chi connectivity index (χ2n) is 4.18. The maximum atomic E-state index is 4.42. The molecule has 2 aromatic heterocycles. The van der Waals surface area contributed by atoms with Gasteiger partial charge in [0.1, 0.15) is 17.2 Å². The van der Waals surface area contributed by atoms with Gasteiger partial charge in [-0.25, -0.2) is 9.97 Å². The molecule has 0 aliphatic carbocycles. The smallest absolute Gasteiger partial charge is 0.161 e. The third kappa shape index (κ3) is 2.12. The predicted molar refractivity (Wildman–Crippen MR) is 73.4 cm³/mol. The molecule has 0 bridgehead atoms. The average Bonchev–Trinajstić information content (AvgIpc) is 2.82. The summed E-state index contributed by atoms with van der Waals surface area (Å²) in [7, 11) is 0. The van der Waals surface area contributed by atoms with Crippen molar-refractivity contribution in [3.05, 3.63) is 36.2 Å². The Morgan fingerprint density at radius 1 is 1.21 bits per heavy atom. The van der Waals surface area contributed by atoms with Crippen LogP contribution in [0.25, 0.3) is 16.9 Å². The largest absolute Gasteiger partial charge is 0.370 e. The molecule has 1 N–H and O–H groups in total. The Balaban J connectivity index is 2.15. The van der Waals surface area contributed by atoms with E-state index in [2.05, 4.69) is 25.6 Å². The zero-order valence-electron chi connectivity index (χ0n) is 10.8. The van der Waals surface area contributed by atoms with Crippen molar-refractivity contribution < 1.29 is 0 Å². The average molecular weight is 254 g/mol. The maximum absolute atomic E-state index is 4.42. The van der Waals surface area contributed by atoms with Crippen LogP contribution in [0.2, 0.25) is 0 Å². The molecule has 6 heteroatoms. The fourth-order valence-corrected chi connectivity index (χ4v) is 1.97. The molecule has 0 radical (unpaired) electrons. The first-order valence-electron chi connectivity index (χ1n) is 6.18. The molecule has 0 unspecified atom stereocenters. The minimum atomic E-state index is 0.702. The number of rotatable bonds is 3. The molecule has 0 fully saturated rings. The predicted octanol–water partition coefficient (Wildman–Crippen LogP) is 1.95. The van der Waals surface area contributed by atoms with Crippen LogP contribution in [0.15, 0.2) is 30.3 Å². The molecule has 3 rings (SSSR count). The quantitative estimate of drug-likeness (QED) is 0.773. The van der Waals surface area contributed by atoms with Crippen LogP contribution in [-0.2, 0) is 0 Å². The van der Waals surface area contributed by atoms with E-state index in [-0.39, 0.29) is 0 Å². The van der Waals surface area contributed by atoms with Crippen molar-refractivity contribution in [1.82, 2.24) is 25.0 Å². The number of aryl methyl sites for hydroxylation is 1. The molecule has 0 spiro atoms. The highest BCUT2D eigenvalue weighted by Gasteiger charge is 2.09. The molecule has 0 aliphatic rings. The topological polar surface area (TPSA) is 68.5 Å². The number of benzene rings is 1. The highest BCUT2D eigenvalue weighted by molar-refractivity contribution is 5.75. The Morgan fingerprint density at radius 3 is 2.89 bits per heavy atom. The normalized spacial score (nSPS) is 10.8. The van der Waals surface area contributed by atoms with Gasteiger partial charge in [-0.1, -0.05) is 17.3 Å². The zero-order chi connectivity index (χ0) is 13.2. The van der Waals surface area contributed by atoms with E-state index < -0.39 is 0 Å². The third-order valence-electron chi connectivity index (χ3n) is 2.75. The standard InChI is InChI=1S/C13H14N6/c1-3-14-12-8-13(16-9(2)15-12)19-11-7-5-4-6-10(11)17-18-19/h4-8H,3H2,1-2H3,(H,14,15,16). The van der Waals surface area contributed by atoms with Crippen molar-refractivity contribution in [2.24, 2.45) is 0 Å². The summed E-state index contributed by atoms with van der Waals surface area (Å²) in [6.07, 6.45) is 0. The van der Waals surface area contributed by atoms with Gasteiger partial charge in [0, 0.05) is 12.6 Å². The fourth-order valence-electron chi connectivity index (χ4n) is 1.97. The van der Waals surface area contributed by atoms with Crippen LogP contribution in [0.1, 0.15) is 12.7 Å². The van der Waals surface area contributed by atoms with E-state index in [4.69, 9.17) is 0 Å². The summed E-state index contributed by atoms with van der Waals surface area (Å²) in [6, 6.07) is 9.67. The van der Waals surface area contributed by atoms with Gasteiger partial charge in [0.05, 0.1) is 5.52 Å². The van der Waals surface area contributed by atoms with Gasteiger partial charge in [-0.15, -0.1) is 5.10 Å². The molecule has 0 aliphatic heterocycles. The first kappa shape index (κ1) is 11.6. The molecule has 96 valence electrons. The SMILES string of the molecule is CCNc1cc(-n2nnc3ccccc32)nc(C)n1. The molecule has 0 amide bonds. The Labute approximate surface area is 110 Å². The van der Waals surface area contributed by atoms with Crippen molar-refractivity contribution in [3.63, 3.8) is 0 Å². The molecule has 0 saturated heterocycles. The first-order valence-corrected chi connectivity index (χ1v) is 6.18. The van der Waals surface area contributed by atoms with Gasteiger partial charge >= 0.3 is 0 Å². The summed E-state index contributed by atoms with van der Waals surface area (Å²) in [5.74, 6) is 2.22. The van der Waals surface area contributed by atoms with Gasteiger partial charge in [0.2, 0.25) is 0 Å². The Kier molecular flexibility index (Phi) is 2.83. The highest BCUT2D eigenvalue weighted by Crippen LogP contribution is 2.16. The second kappa shape index (κ2) is 4.64. The number of fused-ring (bicyclic) bond motifs is 1. The van der Waals surface area contributed by atoms with Crippen LogP contribution >= 0.6 is 0 Å². The summed E-state index contributed by atoms with van der Waals surface area (Å²) in [5.41, 5.74) is 1.78.